The Balaban J connectivity index is 1.90. The van der Waals surface area contributed by atoms with Crippen LogP contribution >= 0.6 is 0 Å². The third kappa shape index (κ3) is 7.53. The minimum Gasteiger partial charge on any atom is -0.465 e. The van der Waals surface area contributed by atoms with E-state index >= 15 is 0 Å². The zero-order chi connectivity index (χ0) is 34.1. The fourth-order valence-corrected chi connectivity index (χ4v) is 7.89. The molecular weight excluding hydrogens is 607 g/mol. The minimum absolute atomic E-state index is 0.0362. The molecule has 4 amide bonds. The molecule has 3 rings (SSSR count). The van der Waals surface area contributed by atoms with Crippen LogP contribution in [0.2, 0.25) is 0 Å². The second-order valence-electron chi connectivity index (χ2n) is 14.1. The molecule has 12 nitrogen and oxygen atoms in total. The van der Waals surface area contributed by atoms with Gasteiger partial charge in [-0.15, -0.1) is 13.2 Å². The normalized spacial score (nSPS) is 27.4. The fourth-order valence-electron chi connectivity index (χ4n) is 6.46. The minimum atomic E-state index is -4.36. The summed E-state index contributed by atoms with van der Waals surface area (Å²) in [4.78, 5) is 56.2. The number of sulfonamides is 1. The molecule has 254 valence electrons. The van der Waals surface area contributed by atoms with E-state index in [1.54, 1.807) is 33.8 Å². The molecule has 3 fully saturated rings. The maximum Gasteiger partial charge on any atom is 0.408 e. The van der Waals surface area contributed by atoms with Crippen LogP contribution in [0.25, 0.3) is 0 Å². The number of hydrogen-bond acceptors (Lipinski definition) is 7. The van der Waals surface area contributed by atoms with E-state index in [4.69, 9.17) is 0 Å². The number of carboxylic acid groups (broad SMARTS) is 1. The van der Waals surface area contributed by atoms with Gasteiger partial charge in [-0.1, -0.05) is 26.0 Å². The molecule has 0 aromatic rings. The van der Waals surface area contributed by atoms with E-state index in [0.717, 1.165) is 22.6 Å². The molecule has 45 heavy (non-hydrogen) atoms. The number of rotatable bonds is 15. The lowest BCUT2D eigenvalue weighted by atomic mass is 9.85. The maximum atomic E-state index is 14.3. The van der Waals surface area contributed by atoms with Crippen LogP contribution in [-0.2, 0) is 24.4 Å². The van der Waals surface area contributed by atoms with Crippen LogP contribution in [0.15, 0.2) is 25.3 Å². The average Bonchev–Trinajstić information content (AvgIpc) is 3.84. The van der Waals surface area contributed by atoms with E-state index in [0.29, 0.717) is 6.42 Å². The fraction of sp³-hybridized carbons (Fsp3) is 0.742. The summed E-state index contributed by atoms with van der Waals surface area (Å²) in [6.07, 6.45) is 2.86. The van der Waals surface area contributed by atoms with Gasteiger partial charge in [0.1, 0.15) is 29.0 Å². The third-order valence-corrected chi connectivity index (χ3v) is 11.5. The number of amides is 4. The van der Waals surface area contributed by atoms with Crippen LogP contribution in [-0.4, -0.2) is 99.5 Å². The van der Waals surface area contributed by atoms with Crippen molar-refractivity contribution in [3.05, 3.63) is 25.3 Å². The van der Waals surface area contributed by atoms with Crippen molar-refractivity contribution in [2.75, 3.05) is 13.2 Å². The van der Waals surface area contributed by atoms with Crippen LogP contribution < -0.4 is 10.0 Å². The Morgan fingerprint density at radius 2 is 1.80 bits per heavy atom. The molecule has 1 saturated heterocycles. The second kappa shape index (κ2) is 13.4. The highest BCUT2D eigenvalue weighted by atomic mass is 32.2. The van der Waals surface area contributed by atoms with Gasteiger partial charge in [-0.2, -0.15) is 0 Å². The molecular formula is C31H49FN4O8S. The van der Waals surface area contributed by atoms with Gasteiger partial charge in [-0.3, -0.25) is 24.0 Å². The lowest BCUT2D eigenvalue weighted by Crippen LogP contribution is -2.62. The topological polar surface area (TPSA) is 173 Å². The number of alkyl halides is 1. The van der Waals surface area contributed by atoms with Crippen LogP contribution in [0.5, 0.6) is 0 Å². The molecule has 1 unspecified atom stereocenters. The lowest BCUT2D eigenvalue weighted by Gasteiger charge is -2.43. The predicted molar refractivity (Wildman–Crippen MR) is 166 cm³/mol. The van der Waals surface area contributed by atoms with Crippen LogP contribution in [0, 0.1) is 17.8 Å². The van der Waals surface area contributed by atoms with Gasteiger partial charge in [-0.05, 0) is 71.1 Å². The van der Waals surface area contributed by atoms with Crippen molar-refractivity contribution < 1.29 is 42.2 Å². The van der Waals surface area contributed by atoms with Gasteiger partial charge >= 0.3 is 6.09 Å². The molecule has 0 bridgehead atoms. The van der Waals surface area contributed by atoms with E-state index in [-0.39, 0.29) is 38.1 Å². The summed E-state index contributed by atoms with van der Waals surface area (Å²) >= 11 is 0. The molecule has 3 aliphatic rings. The van der Waals surface area contributed by atoms with Gasteiger partial charge in [0.05, 0.1) is 6.10 Å². The Bertz CT molecular complexity index is 1300. The number of halogens is 1. The first-order valence-corrected chi connectivity index (χ1v) is 17.0. The molecule has 7 atom stereocenters. The Morgan fingerprint density at radius 1 is 1.18 bits per heavy atom. The Kier molecular flexibility index (Phi) is 10.8. The summed E-state index contributed by atoms with van der Waals surface area (Å²) in [6.45, 7) is 14.8. The number of carbonyl (C=O) groups is 4. The SMILES string of the molecule is C=CCCC(C)C[C@@H](C)[C@@H](C(=O)N1C[C@H](O)C[C@H]1C(=O)N[C@]1(C(=O)NS(=O)(=O)C2(CF)CC2)C[C@H]1C=C)N(C(=O)O)C(C)(C)C. The summed E-state index contributed by atoms with van der Waals surface area (Å²) in [6, 6.07) is -2.45. The van der Waals surface area contributed by atoms with Gasteiger partial charge in [0.15, 0.2) is 0 Å². The second-order valence-corrected chi connectivity index (χ2v) is 16.2. The summed E-state index contributed by atoms with van der Waals surface area (Å²) in [5, 5.41) is 23.5. The first kappa shape index (κ1) is 36.5. The Labute approximate surface area is 265 Å². The van der Waals surface area contributed by atoms with Crippen LogP contribution in [0.4, 0.5) is 9.18 Å². The highest BCUT2D eigenvalue weighted by molar-refractivity contribution is 7.91. The van der Waals surface area contributed by atoms with Crippen molar-refractivity contribution in [1.82, 2.24) is 19.8 Å². The number of allylic oxidation sites excluding steroid dienone is 1. The van der Waals surface area contributed by atoms with Crippen molar-refractivity contribution in [3.63, 3.8) is 0 Å². The number of aliphatic hydroxyl groups excluding tert-OH is 1. The zero-order valence-electron chi connectivity index (χ0n) is 26.9. The van der Waals surface area contributed by atoms with Gasteiger partial charge in [-0.25, -0.2) is 17.6 Å². The largest absolute Gasteiger partial charge is 0.465 e. The van der Waals surface area contributed by atoms with Gasteiger partial charge in [0.25, 0.3) is 5.91 Å². The molecule has 0 aromatic heterocycles. The molecule has 1 aliphatic heterocycles. The number of nitrogens with zero attached hydrogens (tertiary/aromatic N) is 2. The number of hydrogen-bond donors (Lipinski definition) is 4. The number of nitrogens with one attached hydrogen (secondary N) is 2. The zero-order valence-corrected chi connectivity index (χ0v) is 27.7. The molecule has 4 N–H and O–H groups in total. The van der Waals surface area contributed by atoms with E-state index in [1.165, 1.54) is 6.08 Å². The predicted octanol–water partition coefficient (Wildman–Crippen LogP) is 2.73. The van der Waals surface area contributed by atoms with E-state index < -0.39 is 86.4 Å². The number of likely N-dealkylation sites (tertiary alicyclic amines) is 1. The highest BCUT2D eigenvalue weighted by Gasteiger charge is 2.64. The maximum absolute atomic E-state index is 14.3. The van der Waals surface area contributed by atoms with Crippen molar-refractivity contribution in [2.45, 2.75) is 114 Å². The third-order valence-electron chi connectivity index (χ3n) is 9.40. The van der Waals surface area contributed by atoms with Crippen molar-refractivity contribution in [1.29, 1.82) is 0 Å². The molecule has 0 aromatic carbocycles. The van der Waals surface area contributed by atoms with E-state index in [2.05, 4.69) is 18.5 Å². The number of β-amino-alcohol motifs (C(OH)–C–C–N with tert-alkyl or cyclic N) is 1. The smallest absolute Gasteiger partial charge is 0.408 e. The lowest BCUT2D eigenvalue weighted by molar-refractivity contribution is -0.146. The molecule has 0 spiro atoms. The van der Waals surface area contributed by atoms with Crippen molar-refractivity contribution >= 4 is 33.8 Å². The summed E-state index contributed by atoms with van der Waals surface area (Å²) < 4.78 is 39.3. The molecule has 14 heteroatoms. The van der Waals surface area contributed by atoms with Gasteiger partial charge in [0, 0.05) is 24.4 Å². The van der Waals surface area contributed by atoms with Crippen molar-refractivity contribution in [2.24, 2.45) is 17.8 Å². The Hall–Kier alpha value is -3.00. The van der Waals surface area contributed by atoms with Crippen molar-refractivity contribution in [3.8, 4) is 0 Å². The van der Waals surface area contributed by atoms with Crippen LogP contribution in [0.3, 0.4) is 0 Å². The molecule has 2 aliphatic carbocycles. The summed E-state index contributed by atoms with van der Waals surface area (Å²) in [5.74, 6) is -3.42. The monoisotopic (exact) mass is 656 g/mol. The van der Waals surface area contributed by atoms with Gasteiger partial charge < -0.3 is 20.4 Å². The molecule has 2 saturated carbocycles. The first-order valence-electron chi connectivity index (χ1n) is 15.5. The highest BCUT2D eigenvalue weighted by Crippen LogP contribution is 2.47. The molecule has 0 radical (unpaired) electrons. The van der Waals surface area contributed by atoms with Gasteiger partial charge in [0.2, 0.25) is 21.8 Å². The quantitative estimate of drug-likeness (QED) is 0.195. The summed E-state index contributed by atoms with van der Waals surface area (Å²) in [5.41, 5.74) is -2.68. The standard InChI is InChI=1S/C31H49FN4O8S/c1-8-10-11-19(3)14-20(4)24(36(28(41)42)29(5,6)7)26(39)35-17-22(37)15-23(35)25(38)33-31(16-21(31)9-2)27(40)34-45(43,44)30(18-32)12-13-30/h8-9,19-24,37H,1-2,10-18H2,3-7H3,(H,33,38)(H,34,40)(H,41,42)/t19?,20-,21-,22-,23+,24+,31-/m1/s1. The number of carbonyl (C=O) groups excluding carboxylic acids is 3. The van der Waals surface area contributed by atoms with Crippen LogP contribution in [0.1, 0.15) is 79.6 Å². The van der Waals surface area contributed by atoms with E-state index in [1.807, 2.05) is 11.6 Å². The average molecular weight is 657 g/mol. The van der Waals surface area contributed by atoms with E-state index in [9.17, 15) is 42.2 Å². The summed E-state index contributed by atoms with van der Waals surface area (Å²) in [7, 11) is -4.36. The molecule has 1 heterocycles. The first-order chi connectivity index (χ1) is 20.8. The Morgan fingerprint density at radius 3 is 2.27 bits per heavy atom. The number of aliphatic hydroxyl groups is 1.